The van der Waals surface area contributed by atoms with Crippen LogP contribution in [0.1, 0.15) is 26.3 Å². The first-order valence-corrected chi connectivity index (χ1v) is 7.28. The van der Waals surface area contributed by atoms with Crippen LogP contribution in [-0.2, 0) is 5.41 Å². The van der Waals surface area contributed by atoms with Crippen molar-refractivity contribution in [3.05, 3.63) is 53.2 Å². The molecule has 0 saturated carbocycles. The molecule has 0 radical (unpaired) electrons. The van der Waals surface area contributed by atoms with E-state index in [0.29, 0.717) is 16.5 Å². The predicted octanol–water partition coefficient (Wildman–Crippen LogP) is 4.53. The molecule has 0 unspecified atom stereocenters. The first-order valence-electron chi connectivity index (χ1n) is 6.91. The Morgan fingerprint density at radius 2 is 1.76 bits per heavy atom. The molecule has 0 aliphatic heterocycles. The number of fused-ring (bicyclic) bond motifs is 1. The Kier molecular flexibility index (Phi) is 3.18. The lowest BCUT2D eigenvalue weighted by molar-refractivity contribution is 0.590. The van der Waals surface area contributed by atoms with E-state index in [9.17, 15) is 0 Å². The number of rotatable bonds is 1. The van der Waals surface area contributed by atoms with Gasteiger partial charge in [-0.15, -0.1) is 0 Å². The number of imidazole rings is 1. The molecule has 108 valence electrons. The van der Waals surface area contributed by atoms with Crippen LogP contribution in [0.3, 0.4) is 0 Å². The van der Waals surface area contributed by atoms with E-state index in [1.165, 1.54) is 5.56 Å². The Morgan fingerprint density at radius 3 is 2.33 bits per heavy atom. The smallest absolute Gasteiger partial charge is 0.157 e. The fourth-order valence-electron chi connectivity index (χ4n) is 2.39. The maximum absolute atomic E-state index is 6.21. The van der Waals surface area contributed by atoms with E-state index >= 15 is 0 Å². The molecular formula is C17H18ClN3. The highest BCUT2D eigenvalue weighted by atomic mass is 35.5. The lowest BCUT2D eigenvalue weighted by atomic mass is 9.86. The Labute approximate surface area is 129 Å². The van der Waals surface area contributed by atoms with Gasteiger partial charge in [0.1, 0.15) is 11.5 Å². The summed E-state index contributed by atoms with van der Waals surface area (Å²) in [7, 11) is 0. The summed E-state index contributed by atoms with van der Waals surface area (Å²) in [6.07, 6.45) is 1.87. The SMILES string of the molecule is CC(C)(C)c1ccc(-c2nc3c(Cl)cccn3c2N)cc1. The fourth-order valence-corrected chi connectivity index (χ4v) is 2.60. The zero-order valence-electron chi connectivity index (χ0n) is 12.4. The molecule has 0 aliphatic rings. The van der Waals surface area contributed by atoms with E-state index in [1.54, 1.807) is 0 Å². The minimum Gasteiger partial charge on any atom is -0.383 e. The minimum absolute atomic E-state index is 0.131. The largest absolute Gasteiger partial charge is 0.383 e. The monoisotopic (exact) mass is 299 g/mol. The number of nitrogens with two attached hydrogens (primary N) is 1. The van der Waals surface area contributed by atoms with E-state index in [0.717, 1.165) is 11.3 Å². The van der Waals surface area contributed by atoms with Gasteiger partial charge in [-0.05, 0) is 23.1 Å². The van der Waals surface area contributed by atoms with Crippen LogP contribution in [0.2, 0.25) is 5.02 Å². The van der Waals surface area contributed by atoms with Gasteiger partial charge in [0, 0.05) is 11.8 Å². The molecule has 4 heteroatoms. The minimum atomic E-state index is 0.131. The number of nitrogen functional groups attached to an aromatic ring is 1. The number of anilines is 1. The molecule has 3 aromatic rings. The number of hydrogen-bond donors (Lipinski definition) is 1. The number of aromatic nitrogens is 2. The number of nitrogens with zero attached hydrogens (tertiary/aromatic N) is 2. The topological polar surface area (TPSA) is 43.3 Å². The number of benzene rings is 1. The average Bonchev–Trinajstić information content (AvgIpc) is 2.77. The van der Waals surface area contributed by atoms with Gasteiger partial charge in [-0.1, -0.05) is 56.6 Å². The van der Waals surface area contributed by atoms with E-state index in [2.05, 4.69) is 50.0 Å². The maximum atomic E-state index is 6.21. The standard InChI is InChI=1S/C17H18ClN3/c1-17(2,3)12-8-6-11(7-9-12)14-15(19)21-10-4-5-13(18)16(21)20-14/h4-10H,19H2,1-3H3. The molecular weight excluding hydrogens is 282 g/mol. The van der Waals surface area contributed by atoms with Crippen molar-refractivity contribution in [1.29, 1.82) is 0 Å². The molecule has 2 heterocycles. The molecule has 0 amide bonds. The first kappa shape index (κ1) is 14.0. The lowest BCUT2D eigenvalue weighted by Gasteiger charge is -2.18. The summed E-state index contributed by atoms with van der Waals surface area (Å²) in [4.78, 5) is 4.58. The Morgan fingerprint density at radius 1 is 1.10 bits per heavy atom. The van der Waals surface area contributed by atoms with Gasteiger partial charge in [-0.3, -0.25) is 4.40 Å². The van der Waals surface area contributed by atoms with Gasteiger partial charge in [0.25, 0.3) is 0 Å². The van der Waals surface area contributed by atoms with Gasteiger partial charge in [-0.2, -0.15) is 0 Å². The van der Waals surface area contributed by atoms with Crippen molar-refractivity contribution < 1.29 is 0 Å². The Hall–Kier alpha value is -2.00. The second-order valence-corrected chi connectivity index (χ2v) is 6.63. The molecule has 0 atom stereocenters. The van der Waals surface area contributed by atoms with E-state index in [4.69, 9.17) is 17.3 Å². The highest BCUT2D eigenvalue weighted by Crippen LogP contribution is 2.31. The second kappa shape index (κ2) is 4.78. The van der Waals surface area contributed by atoms with Crippen molar-refractivity contribution in [3.8, 4) is 11.3 Å². The van der Waals surface area contributed by atoms with Crippen molar-refractivity contribution in [2.75, 3.05) is 5.73 Å². The normalized spacial score (nSPS) is 12.0. The van der Waals surface area contributed by atoms with Gasteiger partial charge in [0.2, 0.25) is 0 Å². The van der Waals surface area contributed by atoms with Gasteiger partial charge in [-0.25, -0.2) is 4.98 Å². The van der Waals surface area contributed by atoms with Crippen LogP contribution in [0.4, 0.5) is 5.82 Å². The third-order valence-electron chi connectivity index (χ3n) is 3.66. The third-order valence-corrected chi connectivity index (χ3v) is 3.96. The summed E-state index contributed by atoms with van der Waals surface area (Å²) in [5.74, 6) is 0.607. The van der Waals surface area contributed by atoms with Crippen LogP contribution in [0.5, 0.6) is 0 Å². The number of pyridine rings is 1. The second-order valence-electron chi connectivity index (χ2n) is 6.22. The van der Waals surface area contributed by atoms with Crippen LogP contribution < -0.4 is 5.73 Å². The quantitative estimate of drug-likeness (QED) is 0.717. The van der Waals surface area contributed by atoms with Crippen molar-refractivity contribution in [2.45, 2.75) is 26.2 Å². The summed E-state index contributed by atoms with van der Waals surface area (Å²) in [5.41, 5.74) is 10.1. The lowest BCUT2D eigenvalue weighted by Crippen LogP contribution is -2.10. The van der Waals surface area contributed by atoms with Crippen molar-refractivity contribution in [2.24, 2.45) is 0 Å². The van der Waals surface area contributed by atoms with Gasteiger partial charge in [0.15, 0.2) is 5.65 Å². The molecule has 1 aromatic carbocycles. The molecule has 2 aromatic heterocycles. The molecule has 0 spiro atoms. The summed E-state index contributed by atoms with van der Waals surface area (Å²) < 4.78 is 1.81. The van der Waals surface area contributed by atoms with Crippen LogP contribution in [0.25, 0.3) is 16.9 Å². The van der Waals surface area contributed by atoms with Crippen molar-refractivity contribution in [3.63, 3.8) is 0 Å². The van der Waals surface area contributed by atoms with Gasteiger partial charge in [0.05, 0.1) is 5.02 Å². The molecule has 2 N–H and O–H groups in total. The van der Waals surface area contributed by atoms with Gasteiger partial charge >= 0.3 is 0 Å². The van der Waals surface area contributed by atoms with Gasteiger partial charge < -0.3 is 5.73 Å². The molecule has 3 rings (SSSR count). The fraction of sp³-hybridized carbons (Fsp3) is 0.235. The predicted molar refractivity (Wildman–Crippen MR) is 88.8 cm³/mol. The van der Waals surface area contributed by atoms with Crippen molar-refractivity contribution >= 4 is 23.1 Å². The summed E-state index contributed by atoms with van der Waals surface area (Å²) >= 11 is 6.18. The van der Waals surface area contributed by atoms with E-state index in [1.807, 2.05) is 22.7 Å². The van der Waals surface area contributed by atoms with Crippen LogP contribution in [-0.4, -0.2) is 9.38 Å². The highest BCUT2D eigenvalue weighted by molar-refractivity contribution is 6.33. The van der Waals surface area contributed by atoms with E-state index < -0.39 is 0 Å². The third kappa shape index (κ3) is 2.38. The van der Waals surface area contributed by atoms with Crippen LogP contribution >= 0.6 is 11.6 Å². The highest BCUT2D eigenvalue weighted by Gasteiger charge is 2.16. The zero-order valence-corrected chi connectivity index (χ0v) is 13.1. The molecule has 0 aliphatic carbocycles. The van der Waals surface area contributed by atoms with Crippen LogP contribution in [0.15, 0.2) is 42.6 Å². The Bertz CT molecular complexity index is 795. The number of halogens is 1. The van der Waals surface area contributed by atoms with Crippen molar-refractivity contribution in [1.82, 2.24) is 9.38 Å². The first-order chi connectivity index (χ1) is 9.88. The van der Waals surface area contributed by atoms with Crippen LogP contribution in [0, 0.1) is 0 Å². The zero-order chi connectivity index (χ0) is 15.2. The maximum Gasteiger partial charge on any atom is 0.157 e. The van der Waals surface area contributed by atoms with E-state index in [-0.39, 0.29) is 5.41 Å². The summed E-state index contributed by atoms with van der Waals surface area (Å²) in [5, 5.41) is 0.599. The molecule has 21 heavy (non-hydrogen) atoms. The Balaban J connectivity index is 2.13. The molecule has 0 fully saturated rings. The average molecular weight is 300 g/mol. The molecule has 0 saturated heterocycles. The molecule has 0 bridgehead atoms. The molecule has 3 nitrogen and oxygen atoms in total. The summed E-state index contributed by atoms with van der Waals surface area (Å²) in [6, 6.07) is 12.1. The summed E-state index contributed by atoms with van der Waals surface area (Å²) in [6.45, 7) is 6.59. The number of hydrogen-bond acceptors (Lipinski definition) is 2.